The summed E-state index contributed by atoms with van der Waals surface area (Å²) < 4.78 is 15.2. The van der Waals surface area contributed by atoms with Crippen molar-refractivity contribution in [3.8, 4) is 5.88 Å². The number of halogens is 1. The van der Waals surface area contributed by atoms with E-state index in [1.807, 2.05) is 30.3 Å². The highest BCUT2D eigenvalue weighted by atomic mass is 79.9. The van der Waals surface area contributed by atoms with Crippen molar-refractivity contribution in [2.45, 2.75) is 6.61 Å². The number of nitrogens with one attached hydrogen (secondary N) is 1. The van der Waals surface area contributed by atoms with Crippen LogP contribution in [0.1, 0.15) is 16.1 Å². The molecule has 7 nitrogen and oxygen atoms in total. The first kappa shape index (κ1) is 17.7. The summed E-state index contributed by atoms with van der Waals surface area (Å²) >= 11 is 3.21. The summed E-state index contributed by atoms with van der Waals surface area (Å²) in [6, 6.07) is 10.8. The van der Waals surface area contributed by atoms with Crippen molar-refractivity contribution in [3.05, 3.63) is 52.1 Å². The van der Waals surface area contributed by atoms with E-state index in [4.69, 9.17) is 9.47 Å². The molecule has 1 amide bonds. The number of nitrogens with zero attached hydrogens (tertiary/aromatic N) is 1. The number of esters is 1. The number of hydrogen-bond donors (Lipinski definition) is 1. The number of carbonyl (C=O) groups excluding carboxylic acids is 2. The fourth-order valence-corrected chi connectivity index (χ4v) is 2.31. The summed E-state index contributed by atoms with van der Waals surface area (Å²) in [6.45, 7) is 0.129. The highest BCUT2D eigenvalue weighted by molar-refractivity contribution is 9.10. The summed E-state index contributed by atoms with van der Waals surface area (Å²) in [5.74, 6) is -0.561. The fraction of sp³-hybridized carbons (Fsp3) is 0.188. The molecule has 1 heterocycles. The van der Waals surface area contributed by atoms with Crippen LogP contribution in [0, 0.1) is 0 Å². The van der Waals surface area contributed by atoms with Crippen molar-refractivity contribution in [1.29, 1.82) is 0 Å². The van der Waals surface area contributed by atoms with Gasteiger partial charge in [0, 0.05) is 0 Å². The first-order valence-electron chi connectivity index (χ1n) is 6.85. The number of rotatable bonds is 5. The van der Waals surface area contributed by atoms with Gasteiger partial charge in [-0.05, 0) is 27.6 Å². The van der Waals surface area contributed by atoms with Crippen LogP contribution in [-0.2, 0) is 16.1 Å². The smallest absolute Gasteiger partial charge is 0.412 e. The van der Waals surface area contributed by atoms with E-state index in [0.29, 0.717) is 4.47 Å². The topological polar surface area (TPSA) is 86.8 Å². The number of hydrogen-bond acceptors (Lipinski definition) is 6. The minimum absolute atomic E-state index is 0.0394. The molecule has 1 N–H and O–H groups in total. The average molecular weight is 395 g/mol. The van der Waals surface area contributed by atoms with Crippen LogP contribution in [0.5, 0.6) is 5.88 Å². The van der Waals surface area contributed by atoms with Gasteiger partial charge in [0.05, 0.1) is 18.7 Å². The molecular weight excluding hydrogens is 380 g/mol. The third kappa shape index (κ3) is 4.45. The Hall–Kier alpha value is -2.61. The second kappa shape index (κ2) is 8.30. The third-order valence-corrected chi connectivity index (χ3v) is 3.57. The maximum atomic E-state index is 11.9. The van der Waals surface area contributed by atoms with Gasteiger partial charge < -0.3 is 14.2 Å². The van der Waals surface area contributed by atoms with E-state index in [-0.39, 0.29) is 23.9 Å². The van der Waals surface area contributed by atoms with E-state index in [2.05, 4.69) is 31.0 Å². The number of pyridine rings is 1. The van der Waals surface area contributed by atoms with Gasteiger partial charge in [-0.15, -0.1) is 0 Å². The van der Waals surface area contributed by atoms with Gasteiger partial charge in [0.1, 0.15) is 12.3 Å². The molecule has 0 radical (unpaired) electrons. The number of aromatic nitrogens is 1. The summed E-state index contributed by atoms with van der Waals surface area (Å²) in [5, 5.41) is 2.53. The lowest BCUT2D eigenvalue weighted by Gasteiger charge is -2.12. The van der Waals surface area contributed by atoms with E-state index in [1.54, 1.807) is 0 Å². The Morgan fingerprint density at radius 3 is 2.54 bits per heavy atom. The van der Waals surface area contributed by atoms with E-state index < -0.39 is 12.1 Å². The van der Waals surface area contributed by atoms with E-state index >= 15 is 0 Å². The Kier molecular flexibility index (Phi) is 6.14. The third-order valence-electron chi connectivity index (χ3n) is 2.96. The lowest BCUT2D eigenvalue weighted by molar-refractivity contribution is 0.0592. The average Bonchev–Trinajstić information content (AvgIpc) is 2.60. The number of methoxy groups -OCH3 is 2. The fourth-order valence-electron chi connectivity index (χ4n) is 1.83. The molecule has 0 unspecified atom stereocenters. The molecule has 1 aromatic heterocycles. The molecule has 0 aliphatic heterocycles. The van der Waals surface area contributed by atoms with Crippen LogP contribution in [0.4, 0.5) is 10.5 Å². The minimum Gasteiger partial charge on any atom is -0.479 e. The lowest BCUT2D eigenvalue weighted by Crippen LogP contribution is -2.16. The van der Waals surface area contributed by atoms with Crippen molar-refractivity contribution in [2.75, 3.05) is 19.5 Å². The predicted molar refractivity (Wildman–Crippen MR) is 90.1 cm³/mol. The molecule has 0 bridgehead atoms. The van der Waals surface area contributed by atoms with E-state index in [0.717, 1.165) is 5.56 Å². The molecular formula is C16H15BrN2O5. The summed E-state index contributed by atoms with van der Waals surface area (Å²) in [7, 11) is 2.62. The second-order valence-corrected chi connectivity index (χ2v) is 5.41. The number of amides is 1. The zero-order valence-electron chi connectivity index (χ0n) is 13.0. The summed E-state index contributed by atoms with van der Waals surface area (Å²) in [5.41, 5.74) is 1.16. The van der Waals surface area contributed by atoms with Crippen molar-refractivity contribution in [3.63, 3.8) is 0 Å². The highest BCUT2D eigenvalue weighted by Crippen LogP contribution is 2.28. The van der Waals surface area contributed by atoms with Gasteiger partial charge in [0.25, 0.3) is 0 Å². The Morgan fingerprint density at radius 2 is 1.92 bits per heavy atom. The van der Waals surface area contributed by atoms with Crippen LogP contribution in [-0.4, -0.2) is 31.3 Å². The molecule has 2 aromatic rings. The molecule has 0 aliphatic rings. The number of anilines is 1. The summed E-state index contributed by atoms with van der Waals surface area (Å²) in [6.07, 6.45) is -0.670. The molecule has 0 saturated heterocycles. The molecule has 2 rings (SSSR count). The minimum atomic E-state index is -0.670. The van der Waals surface area contributed by atoms with Gasteiger partial charge >= 0.3 is 12.1 Å². The molecule has 0 aliphatic carbocycles. The SMILES string of the molecule is COC(=O)c1nc(OC)c(NC(=O)OCc2ccccc2)cc1Br. The van der Waals surface area contributed by atoms with E-state index in [1.165, 1.54) is 20.3 Å². The standard InChI is InChI=1S/C16H15BrN2O5/c1-22-14-12(8-11(17)13(19-14)15(20)23-2)18-16(21)24-9-10-6-4-3-5-7-10/h3-8H,9H2,1-2H3,(H,18,21). The molecule has 0 fully saturated rings. The van der Waals surface area contributed by atoms with Gasteiger partial charge in [-0.3, -0.25) is 5.32 Å². The first-order valence-corrected chi connectivity index (χ1v) is 7.65. The van der Waals surface area contributed by atoms with Crippen molar-refractivity contribution >= 4 is 33.7 Å². The van der Waals surface area contributed by atoms with Crippen molar-refractivity contribution < 1.29 is 23.8 Å². The Labute approximate surface area is 147 Å². The zero-order valence-corrected chi connectivity index (χ0v) is 14.6. The quantitative estimate of drug-likeness (QED) is 0.782. The Bertz CT molecular complexity index is 737. The van der Waals surface area contributed by atoms with Crippen LogP contribution in [0.3, 0.4) is 0 Å². The van der Waals surface area contributed by atoms with Gasteiger partial charge in [-0.1, -0.05) is 30.3 Å². The van der Waals surface area contributed by atoms with Gasteiger partial charge in [-0.2, -0.15) is 0 Å². The molecule has 1 aromatic carbocycles. The molecule has 8 heteroatoms. The van der Waals surface area contributed by atoms with Gasteiger partial charge in [0.15, 0.2) is 5.69 Å². The lowest BCUT2D eigenvalue weighted by atomic mass is 10.2. The van der Waals surface area contributed by atoms with Crippen LogP contribution in [0.2, 0.25) is 0 Å². The predicted octanol–water partition coefficient (Wildman–Crippen LogP) is 3.39. The van der Waals surface area contributed by atoms with E-state index in [9.17, 15) is 9.59 Å². The number of carbonyl (C=O) groups is 2. The molecule has 126 valence electrons. The molecule has 24 heavy (non-hydrogen) atoms. The number of ether oxygens (including phenoxy) is 3. The van der Waals surface area contributed by atoms with Gasteiger partial charge in [-0.25, -0.2) is 14.6 Å². The van der Waals surface area contributed by atoms with Gasteiger partial charge in [0.2, 0.25) is 5.88 Å². The van der Waals surface area contributed by atoms with Crippen LogP contribution >= 0.6 is 15.9 Å². The first-order chi connectivity index (χ1) is 11.5. The monoisotopic (exact) mass is 394 g/mol. The van der Waals surface area contributed by atoms with Crippen LogP contribution in [0.25, 0.3) is 0 Å². The summed E-state index contributed by atoms with van der Waals surface area (Å²) in [4.78, 5) is 27.5. The van der Waals surface area contributed by atoms with Crippen LogP contribution in [0.15, 0.2) is 40.9 Å². The molecule has 0 atom stereocenters. The van der Waals surface area contributed by atoms with Crippen molar-refractivity contribution in [1.82, 2.24) is 4.98 Å². The number of benzene rings is 1. The maximum absolute atomic E-state index is 11.9. The molecule has 0 spiro atoms. The Balaban J connectivity index is 2.09. The zero-order chi connectivity index (χ0) is 17.5. The maximum Gasteiger partial charge on any atom is 0.412 e. The van der Waals surface area contributed by atoms with Crippen LogP contribution < -0.4 is 10.1 Å². The normalized spacial score (nSPS) is 9.96. The second-order valence-electron chi connectivity index (χ2n) is 4.55. The highest BCUT2D eigenvalue weighted by Gasteiger charge is 2.19. The molecule has 0 saturated carbocycles. The van der Waals surface area contributed by atoms with Crippen molar-refractivity contribution in [2.24, 2.45) is 0 Å². The largest absolute Gasteiger partial charge is 0.479 e. The Morgan fingerprint density at radius 1 is 1.21 bits per heavy atom.